The maximum Gasteiger partial charge on any atom is 0.140 e. The summed E-state index contributed by atoms with van der Waals surface area (Å²) in [6, 6.07) is 9.60. The molecule has 0 amide bonds. The minimum absolute atomic E-state index is 0.0127. The number of carboxylic acid groups (broad SMARTS) is 1. The fraction of sp³-hybridized carbons (Fsp3) is 0.133. The Morgan fingerprint density at radius 3 is 2.64 bits per heavy atom. The van der Waals surface area contributed by atoms with Gasteiger partial charge in [-0.25, -0.2) is 0 Å². The van der Waals surface area contributed by atoms with Crippen molar-refractivity contribution in [2.24, 2.45) is 0 Å². The van der Waals surface area contributed by atoms with Crippen LogP contribution in [-0.4, -0.2) is 19.1 Å². The van der Waals surface area contributed by atoms with Crippen molar-refractivity contribution in [3.8, 4) is 5.75 Å². The number of hydrogen-bond acceptors (Lipinski definition) is 4. The average Bonchev–Trinajstić information content (AvgIpc) is 2.51. The number of carbonyl (C=O) groups is 1. The number of halogens is 2. The van der Waals surface area contributed by atoms with Crippen LogP contribution in [-0.2, 0) is 0 Å². The summed E-state index contributed by atoms with van der Waals surface area (Å²) in [6.45, 7) is 1.01. The maximum atomic E-state index is 11.1. The van der Waals surface area contributed by atoms with Gasteiger partial charge < -0.3 is 25.7 Å². The highest BCUT2D eigenvalue weighted by molar-refractivity contribution is 6.40. The van der Waals surface area contributed by atoms with Gasteiger partial charge in [0.2, 0.25) is 0 Å². The minimum atomic E-state index is -1.29. The second kappa shape index (κ2) is 7.35. The molecule has 0 radical (unpaired) electrons. The number of carbonyl (C=O) groups excluding carboxylic acids is 1. The van der Waals surface area contributed by atoms with E-state index in [1.54, 1.807) is 30.3 Å². The predicted octanol–water partition coefficient (Wildman–Crippen LogP) is 1.72. The lowest BCUT2D eigenvalue weighted by atomic mass is 10.1. The lowest BCUT2D eigenvalue weighted by Crippen LogP contribution is -2.52. The molecular weight excluding hydrogens is 327 g/mol. The molecule has 22 heavy (non-hydrogen) atoms. The van der Waals surface area contributed by atoms with Crippen LogP contribution in [0.15, 0.2) is 36.4 Å². The van der Waals surface area contributed by atoms with Crippen molar-refractivity contribution in [2.45, 2.75) is 0 Å². The Kier molecular flexibility index (Phi) is 5.49. The van der Waals surface area contributed by atoms with Gasteiger partial charge in [0.15, 0.2) is 0 Å². The number of rotatable bonds is 6. The minimum Gasteiger partial charge on any atom is -0.545 e. The van der Waals surface area contributed by atoms with Gasteiger partial charge in [-0.05, 0) is 18.2 Å². The molecule has 0 spiro atoms. The highest BCUT2D eigenvalue weighted by atomic mass is 35.5. The molecule has 0 heterocycles. The normalized spacial score (nSPS) is 10.3. The van der Waals surface area contributed by atoms with Crippen LogP contribution < -0.4 is 20.9 Å². The summed E-state index contributed by atoms with van der Waals surface area (Å²) in [5, 5.41) is 14.7. The lowest BCUT2D eigenvalue weighted by Gasteiger charge is -2.16. The first kappa shape index (κ1) is 16.4. The number of hydrogen-bond donors (Lipinski definition) is 2. The molecule has 0 bridgehead atoms. The van der Waals surface area contributed by atoms with Crippen LogP contribution in [0.25, 0.3) is 0 Å². The van der Waals surface area contributed by atoms with E-state index in [1.165, 1.54) is 6.07 Å². The van der Waals surface area contributed by atoms with Crippen LogP contribution in [0, 0.1) is 0 Å². The van der Waals surface area contributed by atoms with Crippen molar-refractivity contribution < 1.29 is 20.4 Å². The first-order chi connectivity index (χ1) is 10.5. The third kappa shape index (κ3) is 3.62. The molecule has 0 atom stereocenters. The van der Waals surface area contributed by atoms with Crippen molar-refractivity contribution in [1.82, 2.24) is 0 Å². The Balaban J connectivity index is 2.39. The molecule has 2 aromatic rings. The third-order valence-electron chi connectivity index (χ3n) is 2.86. The van der Waals surface area contributed by atoms with E-state index in [4.69, 9.17) is 27.9 Å². The number of ether oxygens (including phenoxy) is 1. The van der Waals surface area contributed by atoms with E-state index >= 15 is 0 Å². The number of quaternary nitrogens is 1. The Morgan fingerprint density at radius 2 is 1.95 bits per heavy atom. The third-order valence-corrected chi connectivity index (χ3v) is 3.55. The van der Waals surface area contributed by atoms with E-state index in [9.17, 15) is 9.90 Å². The van der Waals surface area contributed by atoms with Gasteiger partial charge in [-0.1, -0.05) is 41.4 Å². The van der Waals surface area contributed by atoms with E-state index in [0.717, 1.165) is 0 Å². The molecule has 0 aliphatic heterocycles. The van der Waals surface area contributed by atoms with Crippen molar-refractivity contribution in [2.75, 3.05) is 18.5 Å². The highest BCUT2D eigenvalue weighted by Crippen LogP contribution is 2.39. The summed E-state index contributed by atoms with van der Waals surface area (Å²) >= 11 is 12.4. The molecule has 4 N–H and O–H groups in total. The summed E-state index contributed by atoms with van der Waals surface area (Å²) in [5.41, 5.74) is 4.41. The first-order valence-corrected chi connectivity index (χ1v) is 7.27. The van der Waals surface area contributed by atoms with E-state index in [0.29, 0.717) is 35.3 Å². The number of benzene rings is 2. The maximum absolute atomic E-state index is 11.1. The van der Waals surface area contributed by atoms with Crippen molar-refractivity contribution in [3.05, 3.63) is 52.0 Å². The largest absolute Gasteiger partial charge is 0.545 e. The van der Waals surface area contributed by atoms with Gasteiger partial charge in [0.25, 0.3) is 0 Å². The second-order valence-corrected chi connectivity index (χ2v) is 5.18. The van der Waals surface area contributed by atoms with Gasteiger partial charge in [-0.3, -0.25) is 0 Å². The molecule has 2 aromatic carbocycles. The van der Waals surface area contributed by atoms with Gasteiger partial charge in [0, 0.05) is 11.3 Å². The van der Waals surface area contributed by atoms with Gasteiger partial charge in [0.05, 0.1) is 16.7 Å². The monoisotopic (exact) mass is 340 g/mol. The number of aromatic carboxylic acids is 1. The van der Waals surface area contributed by atoms with E-state index in [-0.39, 0.29) is 10.6 Å². The fourth-order valence-corrected chi connectivity index (χ4v) is 2.37. The van der Waals surface area contributed by atoms with E-state index in [2.05, 4.69) is 11.1 Å². The predicted molar refractivity (Wildman–Crippen MR) is 83.8 cm³/mol. The molecule has 2 rings (SSSR count). The van der Waals surface area contributed by atoms with Gasteiger partial charge in [0.1, 0.15) is 23.9 Å². The Labute approximate surface area is 137 Å². The Morgan fingerprint density at radius 1 is 1.23 bits per heavy atom. The lowest BCUT2D eigenvalue weighted by molar-refractivity contribution is -0.370. The molecule has 0 saturated heterocycles. The van der Waals surface area contributed by atoms with Crippen molar-refractivity contribution in [3.63, 3.8) is 0 Å². The van der Waals surface area contributed by atoms with Gasteiger partial charge >= 0.3 is 0 Å². The summed E-state index contributed by atoms with van der Waals surface area (Å²) in [5.74, 6) is -0.844. The van der Waals surface area contributed by atoms with Crippen LogP contribution >= 0.6 is 23.2 Å². The SMILES string of the molecule is [NH3+]CCOc1ccc(Cl)c(Nc2ccccc2C(=O)[O-])c1Cl. The van der Waals surface area contributed by atoms with Crippen LogP contribution in [0.5, 0.6) is 5.75 Å². The zero-order chi connectivity index (χ0) is 16.1. The van der Waals surface area contributed by atoms with Crippen LogP contribution in [0.1, 0.15) is 10.4 Å². The van der Waals surface area contributed by atoms with Crippen molar-refractivity contribution >= 4 is 40.5 Å². The van der Waals surface area contributed by atoms with E-state index in [1.807, 2.05) is 0 Å². The van der Waals surface area contributed by atoms with Gasteiger partial charge in [-0.2, -0.15) is 0 Å². The average molecular weight is 341 g/mol. The zero-order valence-electron chi connectivity index (χ0n) is 11.6. The Bertz CT molecular complexity index is 692. The molecule has 0 aromatic heterocycles. The van der Waals surface area contributed by atoms with Crippen LogP contribution in [0.2, 0.25) is 10.0 Å². The molecular formula is C15H14Cl2N2O3. The summed E-state index contributed by atoms with van der Waals surface area (Å²) in [6.07, 6.45) is 0. The molecule has 0 aliphatic rings. The molecule has 0 fully saturated rings. The first-order valence-electron chi connectivity index (χ1n) is 6.52. The fourth-order valence-electron chi connectivity index (χ4n) is 1.85. The summed E-state index contributed by atoms with van der Waals surface area (Å²) in [4.78, 5) is 11.1. The number of carboxylic acids is 1. The zero-order valence-corrected chi connectivity index (χ0v) is 13.1. The summed E-state index contributed by atoms with van der Waals surface area (Å²) < 4.78 is 5.48. The second-order valence-electron chi connectivity index (χ2n) is 4.39. The van der Waals surface area contributed by atoms with Gasteiger partial charge in [-0.15, -0.1) is 0 Å². The molecule has 0 saturated carbocycles. The molecule has 5 nitrogen and oxygen atoms in total. The number of nitrogens with one attached hydrogen (secondary N) is 1. The topological polar surface area (TPSA) is 89.0 Å². The standard InChI is InChI=1S/C15H14Cl2N2O3/c16-10-5-6-12(22-8-7-18)13(17)14(10)19-11-4-2-1-3-9(11)15(20)21/h1-6,19H,7-8,18H2,(H,20,21). The molecule has 0 aliphatic carbocycles. The highest BCUT2D eigenvalue weighted by Gasteiger charge is 2.14. The van der Waals surface area contributed by atoms with Crippen LogP contribution in [0.4, 0.5) is 11.4 Å². The van der Waals surface area contributed by atoms with Crippen molar-refractivity contribution in [1.29, 1.82) is 0 Å². The number of anilines is 2. The molecule has 0 unspecified atom stereocenters. The smallest absolute Gasteiger partial charge is 0.140 e. The van der Waals surface area contributed by atoms with Crippen LogP contribution in [0.3, 0.4) is 0 Å². The molecule has 116 valence electrons. The Hall–Kier alpha value is -1.95. The van der Waals surface area contributed by atoms with E-state index < -0.39 is 5.97 Å². The quantitative estimate of drug-likeness (QED) is 0.837. The summed E-state index contributed by atoms with van der Waals surface area (Å²) in [7, 11) is 0. The molecule has 7 heteroatoms. The number of para-hydroxylation sites is 1.